The molecule has 1 N–H and O–H groups in total. The van der Waals surface area contributed by atoms with Crippen LogP contribution in [0.2, 0.25) is 0 Å². The Morgan fingerprint density at radius 1 is 1.29 bits per heavy atom. The fraction of sp³-hybridized carbons (Fsp3) is 0.588. The van der Waals surface area contributed by atoms with Crippen molar-refractivity contribution >= 4 is 5.91 Å². The first-order valence-electron chi connectivity index (χ1n) is 7.68. The Hall–Kier alpha value is -1.55. The molecule has 0 spiro atoms. The van der Waals surface area contributed by atoms with E-state index in [-0.39, 0.29) is 11.8 Å². The second kappa shape index (κ2) is 7.46. The van der Waals surface area contributed by atoms with Crippen molar-refractivity contribution in [2.24, 2.45) is 5.92 Å². The first-order valence-corrected chi connectivity index (χ1v) is 7.68. The van der Waals surface area contributed by atoms with Crippen molar-refractivity contribution < 1.29 is 9.53 Å². The van der Waals surface area contributed by atoms with Gasteiger partial charge in [-0.3, -0.25) is 4.79 Å². The van der Waals surface area contributed by atoms with Gasteiger partial charge in [-0.2, -0.15) is 0 Å². The highest BCUT2D eigenvalue weighted by Crippen LogP contribution is 2.47. The van der Waals surface area contributed by atoms with Crippen LogP contribution >= 0.6 is 0 Å². The maximum atomic E-state index is 12.1. The number of hydrogen-bond acceptors (Lipinski definition) is 3. The van der Waals surface area contributed by atoms with Crippen LogP contribution in [0, 0.1) is 5.92 Å². The predicted molar refractivity (Wildman–Crippen MR) is 84.6 cm³/mol. The van der Waals surface area contributed by atoms with E-state index in [1.54, 1.807) is 7.11 Å². The summed E-state index contributed by atoms with van der Waals surface area (Å²) in [7, 11) is 5.81. The number of hydrogen-bond donors (Lipinski definition) is 1. The molecule has 2 unspecified atom stereocenters. The summed E-state index contributed by atoms with van der Waals surface area (Å²) in [4.78, 5) is 14.2. The Labute approximate surface area is 127 Å². The van der Waals surface area contributed by atoms with Crippen LogP contribution in [-0.4, -0.2) is 45.1 Å². The maximum absolute atomic E-state index is 12.1. The fourth-order valence-corrected chi connectivity index (χ4v) is 2.60. The largest absolute Gasteiger partial charge is 0.497 e. The highest BCUT2D eigenvalue weighted by Gasteiger charge is 2.43. The summed E-state index contributed by atoms with van der Waals surface area (Å²) in [5.41, 5.74) is 1.24. The Morgan fingerprint density at radius 3 is 2.62 bits per heavy atom. The lowest BCUT2D eigenvalue weighted by molar-refractivity contribution is -0.122. The third kappa shape index (κ3) is 4.74. The summed E-state index contributed by atoms with van der Waals surface area (Å²) in [6.45, 7) is 1.87. The molecule has 0 saturated heterocycles. The third-order valence-electron chi connectivity index (χ3n) is 4.00. The number of unbranched alkanes of at least 4 members (excludes halogenated alkanes) is 1. The van der Waals surface area contributed by atoms with Crippen LogP contribution in [0.1, 0.15) is 30.7 Å². The molecule has 1 aromatic rings. The number of carbonyl (C=O) groups excluding carboxylic acids is 1. The monoisotopic (exact) mass is 290 g/mol. The molecule has 1 aromatic carbocycles. The lowest BCUT2D eigenvalue weighted by Crippen LogP contribution is -2.27. The molecule has 0 aromatic heterocycles. The molecule has 2 rings (SSSR count). The van der Waals surface area contributed by atoms with Gasteiger partial charge < -0.3 is 15.0 Å². The SMILES string of the molecule is COc1ccc(C2CC2C(=O)NCCCCN(C)C)cc1. The fourth-order valence-electron chi connectivity index (χ4n) is 2.60. The molecule has 21 heavy (non-hydrogen) atoms. The number of nitrogens with zero attached hydrogens (tertiary/aromatic N) is 1. The van der Waals surface area contributed by atoms with Crippen molar-refractivity contribution in [1.29, 1.82) is 0 Å². The molecule has 116 valence electrons. The number of ether oxygens (including phenoxy) is 1. The van der Waals surface area contributed by atoms with E-state index < -0.39 is 0 Å². The topological polar surface area (TPSA) is 41.6 Å². The van der Waals surface area contributed by atoms with Gasteiger partial charge in [0.2, 0.25) is 5.91 Å². The van der Waals surface area contributed by atoms with Gasteiger partial charge in [0, 0.05) is 12.5 Å². The molecule has 0 radical (unpaired) electrons. The Kier molecular flexibility index (Phi) is 5.62. The van der Waals surface area contributed by atoms with E-state index in [0.29, 0.717) is 5.92 Å². The van der Waals surface area contributed by atoms with Crippen molar-refractivity contribution in [3.8, 4) is 5.75 Å². The molecule has 1 saturated carbocycles. The van der Waals surface area contributed by atoms with E-state index in [1.165, 1.54) is 5.56 Å². The lowest BCUT2D eigenvalue weighted by atomic mass is 10.1. The molecule has 2 atom stereocenters. The Morgan fingerprint density at radius 2 is 2.00 bits per heavy atom. The van der Waals surface area contributed by atoms with E-state index >= 15 is 0 Å². The lowest BCUT2D eigenvalue weighted by Gasteiger charge is -2.09. The number of nitrogens with one attached hydrogen (secondary N) is 1. The van der Waals surface area contributed by atoms with Gasteiger partial charge in [0.1, 0.15) is 5.75 Å². The molecule has 0 heterocycles. The first kappa shape index (κ1) is 15.8. The second-order valence-corrected chi connectivity index (χ2v) is 6.02. The van der Waals surface area contributed by atoms with Gasteiger partial charge >= 0.3 is 0 Å². The van der Waals surface area contributed by atoms with E-state index in [2.05, 4.69) is 36.4 Å². The minimum atomic E-state index is 0.159. The smallest absolute Gasteiger partial charge is 0.223 e. The molecule has 1 aliphatic carbocycles. The summed E-state index contributed by atoms with van der Waals surface area (Å²) in [6.07, 6.45) is 3.14. The molecule has 0 bridgehead atoms. The van der Waals surface area contributed by atoms with Crippen molar-refractivity contribution in [2.45, 2.75) is 25.2 Å². The van der Waals surface area contributed by atoms with Crippen LogP contribution < -0.4 is 10.1 Å². The van der Waals surface area contributed by atoms with Crippen LogP contribution in [0.4, 0.5) is 0 Å². The van der Waals surface area contributed by atoms with Crippen LogP contribution in [0.25, 0.3) is 0 Å². The Bertz CT molecular complexity index is 456. The van der Waals surface area contributed by atoms with Crippen molar-refractivity contribution in [3.05, 3.63) is 29.8 Å². The zero-order valence-electron chi connectivity index (χ0n) is 13.3. The summed E-state index contributed by atoms with van der Waals surface area (Å²) in [5.74, 6) is 1.62. The number of methoxy groups -OCH3 is 1. The normalized spacial score (nSPS) is 20.4. The highest BCUT2D eigenvalue weighted by atomic mass is 16.5. The van der Waals surface area contributed by atoms with Crippen LogP contribution in [0.5, 0.6) is 5.75 Å². The zero-order chi connectivity index (χ0) is 15.2. The summed E-state index contributed by atoms with van der Waals surface area (Å²) in [5, 5.41) is 3.06. The van der Waals surface area contributed by atoms with Crippen LogP contribution in [-0.2, 0) is 4.79 Å². The van der Waals surface area contributed by atoms with E-state index in [0.717, 1.165) is 38.1 Å². The average Bonchev–Trinajstić information content (AvgIpc) is 3.27. The summed E-state index contributed by atoms with van der Waals surface area (Å²) in [6, 6.07) is 8.05. The van der Waals surface area contributed by atoms with Crippen LogP contribution in [0.3, 0.4) is 0 Å². The summed E-state index contributed by atoms with van der Waals surface area (Å²) < 4.78 is 5.15. The third-order valence-corrected chi connectivity index (χ3v) is 4.00. The second-order valence-electron chi connectivity index (χ2n) is 6.02. The number of amides is 1. The maximum Gasteiger partial charge on any atom is 0.223 e. The average molecular weight is 290 g/mol. The zero-order valence-corrected chi connectivity index (χ0v) is 13.3. The minimum Gasteiger partial charge on any atom is -0.497 e. The van der Waals surface area contributed by atoms with Gasteiger partial charge in [-0.1, -0.05) is 12.1 Å². The highest BCUT2D eigenvalue weighted by molar-refractivity contribution is 5.82. The minimum absolute atomic E-state index is 0.159. The number of carbonyl (C=O) groups is 1. The Balaban J connectivity index is 1.68. The molecule has 1 aliphatic rings. The van der Waals surface area contributed by atoms with Gasteiger partial charge in [0.15, 0.2) is 0 Å². The van der Waals surface area contributed by atoms with Gasteiger partial charge in [0.05, 0.1) is 7.11 Å². The predicted octanol–water partition coefficient (Wildman–Crippen LogP) is 2.26. The van der Waals surface area contributed by atoms with Gasteiger partial charge in [0.25, 0.3) is 0 Å². The van der Waals surface area contributed by atoms with Gasteiger partial charge in [-0.15, -0.1) is 0 Å². The van der Waals surface area contributed by atoms with Gasteiger partial charge in [-0.25, -0.2) is 0 Å². The molecule has 1 amide bonds. The van der Waals surface area contributed by atoms with Crippen molar-refractivity contribution in [2.75, 3.05) is 34.3 Å². The molecule has 4 nitrogen and oxygen atoms in total. The van der Waals surface area contributed by atoms with E-state index in [4.69, 9.17) is 4.74 Å². The van der Waals surface area contributed by atoms with Crippen molar-refractivity contribution in [3.63, 3.8) is 0 Å². The number of benzene rings is 1. The molecular formula is C17H26N2O2. The quantitative estimate of drug-likeness (QED) is 0.747. The van der Waals surface area contributed by atoms with Crippen molar-refractivity contribution in [1.82, 2.24) is 10.2 Å². The molecule has 1 fully saturated rings. The first-order chi connectivity index (χ1) is 10.1. The molecule has 4 heteroatoms. The molecular weight excluding hydrogens is 264 g/mol. The molecule has 0 aliphatic heterocycles. The van der Waals surface area contributed by atoms with Gasteiger partial charge in [-0.05, 0) is 63.5 Å². The van der Waals surface area contributed by atoms with E-state index in [1.807, 2.05) is 12.1 Å². The number of rotatable bonds is 8. The summed E-state index contributed by atoms with van der Waals surface area (Å²) >= 11 is 0. The van der Waals surface area contributed by atoms with E-state index in [9.17, 15) is 4.79 Å². The van der Waals surface area contributed by atoms with Crippen LogP contribution in [0.15, 0.2) is 24.3 Å². The standard InChI is InChI=1S/C17H26N2O2/c1-19(2)11-5-4-10-18-17(20)16-12-15(16)13-6-8-14(21-3)9-7-13/h6-9,15-16H,4-5,10-12H2,1-3H3,(H,18,20).